The molecule has 1 amide bonds. The lowest BCUT2D eigenvalue weighted by molar-refractivity contribution is 0.0742. The first-order valence-electron chi connectivity index (χ1n) is 6.36. The minimum Gasteiger partial charge on any atom is -0.472 e. The van der Waals surface area contributed by atoms with Gasteiger partial charge in [-0.15, -0.1) is 0 Å². The van der Waals surface area contributed by atoms with Crippen molar-refractivity contribution in [3.8, 4) is 0 Å². The number of amides is 1. The van der Waals surface area contributed by atoms with Crippen LogP contribution in [0.2, 0.25) is 0 Å². The van der Waals surface area contributed by atoms with E-state index in [1.807, 2.05) is 29.2 Å². The Morgan fingerprint density at radius 2 is 2.00 bits per heavy atom. The van der Waals surface area contributed by atoms with Crippen molar-refractivity contribution in [3.63, 3.8) is 0 Å². The predicted octanol–water partition coefficient (Wildman–Crippen LogP) is 2.91. The van der Waals surface area contributed by atoms with Crippen LogP contribution < -0.4 is 5.73 Å². The van der Waals surface area contributed by atoms with Crippen molar-refractivity contribution in [1.82, 2.24) is 4.90 Å². The maximum absolute atomic E-state index is 12.3. The zero-order chi connectivity index (χ0) is 13.7. The van der Waals surface area contributed by atoms with E-state index in [1.165, 1.54) is 12.5 Å². The summed E-state index contributed by atoms with van der Waals surface area (Å²) in [7, 11) is 0. The highest BCUT2D eigenvalue weighted by atomic mass is 16.3. The number of nitrogens with two attached hydrogens (primary N) is 1. The molecular weight excluding hydrogens is 240 g/mol. The summed E-state index contributed by atoms with van der Waals surface area (Å²) in [6, 6.07) is 9.28. The number of carbonyl (C=O) groups excluding carboxylic acids is 1. The Morgan fingerprint density at radius 3 is 2.58 bits per heavy atom. The van der Waals surface area contributed by atoms with E-state index in [2.05, 4.69) is 6.92 Å². The van der Waals surface area contributed by atoms with Gasteiger partial charge in [0.15, 0.2) is 0 Å². The fourth-order valence-electron chi connectivity index (χ4n) is 1.93. The van der Waals surface area contributed by atoms with Gasteiger partial charge in [0.05, 0.1) is 11.8 Å². The summed E-state index contributed by atoms with van der Waals surface area (Å²) in [5, 5.41) is 0. The maximum atomic E-state index is 12.3. The fourth-order valence-corrected chi connectivity index (χ4v) is 1.93. The molecule has 0 aliphatic carbocycles. The van der Waals surface area contributed by atoms with Crippen molar-refractivity contribution in [2.45, 2.75) is 19.9 Å². The molecule has 0 bridgehead atoms. The van der Waals surface area contributed by atoms with Crippen molar-refractivity contribution < 1.29 is 9.21 Å². The molecule has 2 rings (SSSR count). The smallest absolute Gasteiger partial charge is 0.257 e. The van der Waals surface area contributed by atoms with Gasteiger partial charge >= 0.3 is 0 Å². The molecule has 0 fully saturated rings. The Balaban J connectivity index is 2.11. The molecule has 4 heteroatoms. The summed E-state index contributed by atoms with van der Waals surface area (Å²) in [5.74, 6) is -0.00701. The molecule has 0 spiro atoms. The summed E-state index contributed by atoms with van der Waals surface area (Å²) in [6.45, 7) is 3.35. The van der Waals surface area contributed by atoms with E-state index in [1.54, 1.807) is 6.07 Å². The number of nitrogens with zero attached hydrogens (tertiary/aromatic N) is 1. The van der Waals surface area contributed by atoms with Gasteiger partial charge in [-0.25, -0.2) is 0 Å². The van der Waals surface area contributed by atoms with Crippen LogP contribution in [0.25, 0.3) is 0 Å². The summed E-state index contributed by atoms with van der Waals surface area (Å²) in [6.07, 6.45) is 3.91. The Bertz CT molecular complexity index is 518. The molecule has 2 aromatic rings. The van der Waals surface area contributed by atoms with Gasteiger partial charge in [0, 0.05) is 18.8 Å². The molecule has 100 valence electrons. The van der Waals surface area contributed by atoms with E-state index in [0.717, 1.165) is 17.7 Å². The monoisotopic (exact) mass is 258 g/mol. The zero-order valence-corrected chi connectivity index (χ0v) is 11.0. The first kappa shape index (κ1) is 13.2. The van der Waals surface area contributed by atoms with Crippen LogP contribution >= 0.6 is 0 Å². The molecule has 0 aliphatic rings. The van der Waals surface area contributed by atoms with Crippen LogP contribution in [0, 0.1) is 0 Å². The molecular formula is C15H18N2O2. The minimum atomic E-state index is -0.00701. The molecule has 0 atom stereocenters. The van der Waals surface area contributed by atoms with Gasteiger partial charge in [-0.2, -0.15) is 0 Å². The molecule has 0 unspecified atom stereocenters. The summed E-state index contributed by atoms with van der Waals surface area (Å²) >= 11 is 0. The minimum absolute atomic E-state index is 0.00701. The van der Waals surface area contributed by atoms with E-state index in [4.69, 9.17) is 10.2 Å². The highest BCUT2D eigenvalue weighted by Gasteiger charge is 2.16. The van der Waals surface area contributed by atoms with Crippen LogP contribution in [-0.2, 0) is 6.54 Å². The number of hydrogen-bond acceptors (Lipinski definition) is 3. The number of hydrogen-bond donors (Lipinski definition) is 1. The molecule has 0 radical (unpaired) electrons. The van der Waals surface area contributed by atoms with Crippen LogP contribution in [0.5, 0.6) is 0 Å². The van der Waals surface area contributed by atoms with E-state index in [9.17, 15) is 4.79 Å². The summed E-state index contributed by atoms with van der Waals surface area (Å²) < 4.78 is 4.97. The average Bonchev–Trinajstić information content (AvgIpc) is 2.94. The molecule has 19 heavy (non-hydrogen) atoms. The quantitative estimate of drug-likeness (QED) is 0.839. The van der Waals surface area contributed by atoms with E-state index in [-0.39, 0.29) is 5.91 Å². The SMILES string of the molecule is CCCN(Cc1ccc(N)cc1)C(=O)c1ccoc1. The fraction of sp³-hybridized carbons (Fsp3) is 0.267. The van der Waals surface area contributed by atoms with Gasteiger partial charge in [0.2, 0.25) is 0 Å². The van der Waals surface area contributed by atoms with E-state index in [0.29, 0.717) is 18.7 Å². The second-order valence-electron chi connectivity index (χ2n) is 4.48. The van der Waals surface area contributed by atoms with Crippen molar-refractivity contribution in [2.75, 3.05) is 12.3 Å². The number of rotatable bonds is 5. The average molecular weight is 258 g/mol. The highest BCUT2D eigenvalue weighted by molar-refractivity contribution is 5.93. The molecule has 0 saturated heterocycles. The van der Waals surface area contributed by atoms with Crippen LogP contribution in [0.15, 0.2) is 47.3 Å². The largest absolute Gasteiger partial charge is 0.472 e. The lowest BCUT2D eigenvalue weighted by atomic mass is 10.1. The van der Waals surface area contributed by atoms with Gasteiger partial charge in [0.1, 0.15) is 6.26 Å². The first-order valence-corrected chi connectivity index (χ1v) is 6.36. The van der Waals surface area contributed by atoms with Crippen LogP contribution in [0.1, 0.15) is 29.3 Å². The standard InChI is InChI=1S/C15H18N2O2/c1-2-8-17(15(18)13-7-9-19-11-13)10-12-3-5-14(16)6-4-12/h3-7,9,11H,2,8,10,16H2,1H3. The number of anilines is 1. The third-order valence-corrected chi connectivity index (χ3v) is 2.90. The van der Waals surface area contributed by atoms with Crippen LogP contribution in [0.4, 0.5) is 5.69 Å². The number of furan rings is 1. The van der Waals surface area contributed by atoms with Crippen molar-refractivity contribution in [3.05, 3.63) is 54.0 Å². The van der Waals surface area contributed by atoms with Gasteiger partial charge < -0.3 is 15.1 Å². The van der Waals surface area contributed by atoms with Gasteiger partial charge in [0.25, 0.3) is 5.91 Å². The molecule has 0 saturated carbocycles. The number of benzene rings is 1. The molecule has 0 aliphatic heterocycles. The highest BCUT2D eigenvalue weighted by Crippen LogP contribution is 2.12. The molecule has 1 aromatic carbocycles. The van der Waals surface area contributed by atoms with Crippen molar-refractivity contribution >= 4 is 11.6 Å². The molecule has 2 N–H and O–H groups in total. The maximum Gasteiger partial charge on any atom is 0.257 e. The predicted molar refractivity (Wildman–Crippen MR) is 74.6 cm³/mol. The molecule has 4 nitrogen and oxygen atoms in total. The zero-order valence-electron chi connectivity index (χ0n) is 11.0. The van der Waals surface area contributed by atoms with Crippen molar-refractivity contribution in [2.24, 2.45) is 0 Å². The number of carbonyl (C=O) groups is 1. The Kier molecular flexibility index (Phi) is 4.23. The van der Waals surface area contributed by atoms with E-state index >= 15 is 0 Å². The third kappa shape index (κ3) is 3.37. The molecule has 1 heterocycles. The lowest BCUT2D eigenvalue weighted by Crippen LogP contribution is -2.31. The van der Waals surface area contributed by atoms with Gasteiger partial charge in [-0.3, -0.25) is 4.79 Å². The first-order chi connectivity index (χ1) is 9.20. The second-order valence-corrected chi connectivity index (χ2v) is 4.48. The van der Waals surface area contributed by atoms with Crippen LogP contribution in [0.3, 0.4) is 0 Å². The topological polar surface area (TPSA) is 59.5 Å². The number of nitrogen functional groups attached to an aromatic ring is 1. The normalized spacial score (nSPS) is 10.4. The van der Waals surface area contributed by atoms with Crippen LogP contribution in [-0.4, -0.2) is 17.4 Å². The second kappa shape index (κ2) is 6.09. The van der Waals surface area contributed by atoms with E-state index < -0.39 is 0 Å². The third-order valence-electron chi connectivity index (χ3n) is 2.90. The van der Waals surface area contributed by atoms with Gasteiger partial charge in [-0.05, 0) is 30.2 Å². The van der Waals surface area contributed by atoms with Gasteiger partial charge in [-0.1, -0.05) is 19.1 Å². The Morgan fingerprint density at radius 1 is 1.26 bits per heavy atom. The Hall–Kier alpha value is -2.23. The Labute approximate surface area is 112 Å². The molecule has 1 aromatic heterocycles. The summed E-state index contributed by atoms with van der Waals surface area (Å²) in [4.78, 5) is 14.1. The lowest BCUT2D eigenvalue weighted by Gasteiger charge is -2.21. The van der Waals surface area contributed by atoms with Crippen molar-refractivity contribution in [1.29, 1.82) is 0 Å². The summed E-state index contributed by atoms with van der Waals surface area (Å²) in [5.41, 5.74) is 8.04.